The van der Waals surface area contributed by atoms with Crippen LogP contribution in [0, 0.1) is 0 Å². The average Bonchev–Trinajstić information content (AvgIpc) is 2.69. The summed E-state index contributed by atoms with van der Waals surface area (Å²) >= 11 is 0. The van der Waals surface area contributed by atoms with Crippen LogP contribution in [0.25, 0.3) is 0 Å². The molecule has 1 fully saturated rings. The molecule has 3 nitrogen and oxygen atoms in total. The van der Waals surface area contributed by atoms with Gasteiger partial charge in [0, 0.05) is 24.0 Å². The second kappa shape index (κ2) is 3.14. The van der Waals surface area contributed by atoms with Crippen molar-refractivity contribution in [3.8, 4) is 0 Å². The number of hydrogen-bond donors (Lipinski definition) is 1. The van der Waals surface area contributed by atoms with Gasteiger partial charge in [-0.25, -0.2) is 4.98 Å². The van der Waals surface area contributed by atoms with E-state index in [0.29, 0.717) is 0 Å². The number of rotatable bonds is 4. The summed E-state index contributed by atoms with van der Waals surface area (Å²) in [6, 6.07) is 0. The van der Waals surface area contributed by atoms with Crippen molar-refractivity contribution in [3.63, 3.8) is 0 Å². The van der Waals surface area contributed by atoms with Crippen molar-refractivity contribution < 1.29 is 0 Å². The van der Waals surface area contributed by atoms with E-state index < -0.39 is 0 Å². The lowest BCUT2D eigenvalue weighted by molar-refractivity contribution is 0.584. The van der Waals surface area contributed by atoms with E-state index in [2.05, 4.69) is 16.5 Å². The Morgan fingerprint density at radius 1 is 1.62 bits per heavy atom. The van der Waals surface area contributed by atoms with E-state index in [0.717, 1.165) is 19.4 Å². The summed E-state index contributed by atoms with van der Waals surface area (Å²) in [7, 11) is 0. The molecular formula is C10H17N3. The molecule has 1 aromatic heterocycles. The number of aromatic nitrogens is 2. The minimum Gasteiger partial charge on any atom is -0.335 e. The highest BCUT2D eigenvalue weighted by Gasteiger charge is 2.37. The van der Waals surface area contributed by atoms with Gasteiger partial charge >= 0.3 is 0 Å². The molecular weight excluding hydrogens is 162 g/mol. The zero-order valence-corrected chi connectivity index (χ0v) is 8.16. The topological polar surface area (TPSA) is 43.8 Å². The molecule has 3 heteroatoms. The molecule has 0 amide bonds. The van der Waals surface area contributed by atoms with Gasteiger partial charge in [0.05, 0.1) is 6.33 Å². The Balaban J connectivity index is 1.93. The molecule has 0 aliphatic heterocycles. The van der Waals surface area contributed by atoms with Gasteiger partial charge in [-0.15, -0.1) is 0 Å². The number of nitrogens with two attached hydrogens (primary N) is 1. The minimum absolute atomic E-state index is 0.169. The first kappa shape index (κ1) is 8.75. The van der Waals surface area contributed by atoms with Gasteiger partial charge in [0.15, 0.2) is 0 Å². The van der Waals surface area contributed by atoms with Gasteiger partial charge in [0.2, 0.25) is 0 Å². The molecule has 2 N–H and O–H groups in total. The summed E-state index contributed by atoms with van der Waals surface area (Å²) in [6.45, 7) is 3.15. The third-order valence-corrected chi connectivity index (χ3v) is 2.91. The van der Waals surface area contributed by atoms with E-state index in [1.807, 2.05) is 12.5 Å². The lowest BCUT2D eigenvalue weighted by atomic mass is 10.1. The zero-order chi connectivity index (χ0) is 9.31. The molecule has 1 aliphatic carbocycles. The van der Waals surface area contributed by atoms with Crippen LogP contribution < -0.4 is 5.73 Å². The van der Waals surface area contributed by atoms with E-state index in [1.54, 1.807) is 0 Å². The van der Waals surface area contributed by atoms with Gasteiger partial charge in [-0.05, 0) is 32.6 Å². The Labute approximate surface area is 79.0 Å². The Bertz CT molecular complexity index is 286. The molecule has 0 saturated heterocycles. The molecule has 2 rings (SSSR count). The van der Waals surface area contributed by atoms with E-state index >= 15 is 0 Å². The highest BCUT2D eigenvalue weighted by molar-refractivity contribution is 5.05. The SMILES string of the molecule is CCn1cncc1CCC1(N)CC1. The van der Waals surface area contributed by atoms with Crippen LogP contribution in [0.4, 0.5) is 0 Å². The molecule has 0 radical (unpaired) electrons. The first-order valence-electron chi connectivity index (χ1n) is 5.01. The average molecular weight is 179 g/mol. The van der Waals surface area contributed by atoms with Crippen LogP contribution in [-0.2, 0) is 13.0 Å². The summed E-state index contributed by atoms with van der Waals surface area (Å²) in [5, 5.41) is 0. The van der Waals surface area contributed by atoms with Crippen LogP contribution in [0.3, 0.4) is 0 Å². The van der Waals surface area contributed by atoms with E-state index in [1.165, 1.54) is 18.5 Å². The van der Waals surface area contributed by atoms with E-state index in [4.69, 9.17) is 5.73 Å². The second-order valence-corrected chi connectivity index (χ2v) is 4.03. The molecule has 1 aliphatic rings. The Kier molecular flexibility index (Phi) is 2.12. The molecule has 13 heavy (non-hydrogen) atoms. The molecule has 1 heterocycles. The van der Waals surface area contributed by atoms with Gasteiger partial charge in [-0.1, -0.05) is 0 Å². The fraction of sp³-hybridized carbons (Fsp3) is 0.700. The molecule has 1 saturated carbocycles. The van der Waals surface area contributed by atoms with Crippen molar-refractivity contribution in [2.45, 2.75) is 44.7 Å². The smallest absolute Gasteiger partial charge is 0.0948 e. The third kappa shape index (κ3) is 1.91. The maximum absolute atomic E-state index is 6.03. The fourth-order valence-corrected chi connectivity index (χ4v) is 1.63. The molecule has 0 spiro atoms. The summed E-state index contributed by atoms with van der Waals surface area (Å²) in [6.07, 6.45) is 8.43. The Morgan fingerprint density at radius 2 is 2.38 bits per heavy atom. The van der Waals surface area contributed by atoms with Crippen LogP contribution in [0.1, 0.15) is 31.9 Å². The van der Waals surface area contributed by atoms with Gasteiger partial charge in [-0.3, -0.25) is 0 Å². The number of aryl methyl sites for hydroxylation is 2. The second-order valence-electron chi connectivity index (χ2n) is 4.03. The van der Waals surface area contributed by atoms with Crippen molar-refractivity contribution in [1.29, 1.82) is 0 Å². The van der Waals surface area contributed by atoms with Crippen LogP contribution >= 0.6 is 0 Å². The predicted molar refractivity (Wildman–Crippen MR) is 52.4 cm³/mol. The minimum atomic E-state index is 0.169. The van der Waals surface area contributed by atoms with E-state index in [-0.39, 0.29) is 5.54 Å². The Hall–Kier alpha value is -0.830. The summed E-state index contributed by atoms with van der Waals surface area (Å²) in [4.78, 5) is 4.14. The molecule has 0 atom stereocenters. The van der Waals surface area contributed by atoms with Crippen molar-refractivity contribution in [2.24, 2.45) is 5.73 Å². The van der Waals surface area contributed by atoms with Crippen molar-refractivity contribution in [1.82, 2.24) is 9.55 Å². The summed E-state index contributed by atoms with van der Waals surface area (Å²) < 4.78 is 2.19. The van der Waals surface area contributed by atoms with Gasteiger partial charge in [0.1, 0.15) is 0 Å². The van der Waals surface area contributed by atoms with Gasteiger partial charge < -0.3 is 10.3 Å². The fourth-order valence-electron chi connectivity index (χ4n) is 1.63. The summed E-state index contributed by atoms with van der Waals surface area (Å²) in [5.74, 6) is 0. The molecule has 72 valence electrons. The van der Waals surface area contributed by atoms with Crippen molar-refractivity contribution in [2.75, 3.05) is 0 Å². The van der Waals surface area contributed by atoms with Crippen LogP contribution in [0.2, 0.25) is 0 Å². The monoisotopic (exact) mass is 179 g/mol. The highest BCUT2D eigenvalue weighted by Crippen LogP contribution is 2.36. The predicted octanol–water partition coefficient (Wildman–Crippen LogP) is 1.33. The summed E-state index contributed by atoms with van der Waals surface area (Å²) in [5.41, 5.74) is 7.51. The third-order valence-electron chi connectivity index (χ3n) is 2.91. The molecule has 0 aromatic carbocycles. The van der Waals surface area contributed by atoms with Crippen LogP contribution in [-0.4, -0.2) is 15.1 Å². The van der Waals surface area contributed by atoms with Crippen molar-refractivity contribution >= 4 is 0 Å². The quantitative estimate of drug-likeness (QED) is 0.757. The molecule has 0 bridgehead atoms. The number of imidazole rings is 1. The van der Waals surface area contributed by atoms with Crippen molar-refractivity contribution in [3.05, 3.63) is 18.2 Å². The number of hydrogen-bond acceptors (Lipinski definition) is 2. The highest BCUT2D eigenvalue weighted by atomic mass is 15.0. The normalized spacial score (nSPS) is 18.9. The largest absolute Gasteiger partial charge is 0.335 e. The number of nitrogens with zero attached hydrogens (tertiary/aromatic N) is 2. The first-order valence-corrected chi connectivity index (χ1v) is 5.01. The van der Waals surface area contributed by atoms with Gasteiger partial charge in [0.25, 0.3) is 0 Å². The first-order chi connectivity index (χ1) is 6.23. The Morgan fingerprint density at radius 3 is 3.00 bits per heavy atom. The van der Waals surface area contributed by atoms with E-state index in [9.17, 15) is 0 Å². The standard InChI is InChI=1S/C10H17N3/c1-2-13-8-12-7-9(13)3-4-10(11)5-6-10/h7-8H,2-6,11H2,1H3. The van der Waals surface area contributed by atoms with Crippen LogP contribution in [0.5, 0.6) is 0 Å². The molecule has 1 aromatic rings. The molecule has 0 unspecified atom stereocenters. The lowest BCUT2D eigenvalue weighted by Crippen LogP contribution is -2.22. The maximum Gasteiger partial charge on any atom is 0.0948 e. The zero-order valence-electron chi connectivity index (χ0n) is 8.16. The van der Waals surface area contributed by atoms with Gasteiger partial charge in [-0.2, -0.15) is 0 Å². The lowest BCUT2D eigenvalue weighted by Gasteiger charge is -2.09. The maximum atomic E-state index is 6.03. The van der Waals surface area contributed by atoms with Crippen LogP contribution in [0.15, 0.2) is 12.5 Å².